The number of benzene rings is 2. The fraction of sp³-hybridized carbons (Fsp3) is 0.324. The van der Waals surface area contributed by atoms with Crippen LogP contribution >= 0.6 is 0 Å². The first kappa shape index (κ1) is 29.6. The van der Waals surface area contributed by atoms with Crippen LogP contribution < -0.4 is 0 Å². The summed E-state index contributed by atoms with van der Waals surface area (Å²) in [4.78, 5) is 29.6. The minimum absolute atomic E-state index is 0.323. The molecule has 0 N–H and O–H groups in total. The molecule has 234 valence electrons. The van der Waals surface area contributed by atoms with Crippen molar-refractivity contribution >= 4 is 11.9 Å². The first-order valence-electron chi connectivity index (χ1n) is 16.3. The SMILES string of the molecule is CCOC(=O)c1ccc(-n2nc(-c3cccc(-c4nn(-c5ccc(C(=O)OCC)cc5)c5c4CCCC5)n3)c3c2CCCC3)cc1. The van der Waals surface area contributed by atoms with Gasteiger partial charge in [0, 0.05) is 22.5 Å². The average Bonchev–Trinajstić information content (AvgIpc) is 3.69. The predicted octanol–water partition coefficient (Wildman–Crippen LogP) is 6.90. The van der Waals surface area contributed by atoms with Crippen LogP contribution in [0.15, 0.2) is 66.7 Å². The number of carbonyl (C=O) groups excluding carboxylic acids is 2. The molecule has 0 aliphatic heterocycles. The zero-order valence-corrected chi connectivity index (χ0v) is 26.3. The summed E-state index contributed by atoms with van der Waals surface area (Å²) < 4.78 is 14.4. The van der Waals surface area contributed by atoms with Gasteiger partial charge < -0.3 is 9.47 Å². The molecule has 0 unspecified atom stereocenters. The highest BCUT2D eigenvalue weighted by Crippen LogP contribution is 2.36. The third-order valence-corrected chi connectivity index (χ3v) is 8.84. The Morgan fingerprint density at radius 2 is 1.02 bits per heavy atom. The molecule has 7 rings (SSSR count). The lowest BCUT2D eigenvalue weighted by molar-refractivity contribution is 0.0516. The van der Waals surface area contributed by atoms with Crippen molar-refractivity contribution in [3.63, 3.8) is 0 Å². The lowest BCUT2D eigenvalue weighted by Crippen LogP contribution is -2.09. The number of fused-ring (bicyclic) bond motifs is 2. The average molecular weight is 616 g/mol. The van der Waals surface area contributed by atoms with E-state index in [1.54, 1.807) is 38.1 Å². The molecular formula is C37H37N5O4. The molecule has 0 amide bonds. The van der Waals surface area contributed by atoms with Gasteiger partial charge in [0.1, 0.15) is 11.4 Å². The molecule has 0 saturated heterocycles. The smallest absolute Gasteiger partial charge is 0.338 e. The maximum absolute atomic E-state index is 12.2. The van der Waals surface area contributed by atoms with E-state index in [2.05, 4.69) is 0 Å². The van der Waals surface area contributed by atoms with Crippen molar-refractivity contribution in [2.45, 2.75) is 65.2 Å². The molecule has 0 saturated carbocycles. The number of pyridine rings is 1. The minimum atomic E-state index is -0.323. The van der Waals surface area contributed by atoms with Crippen LogP contribution in [0, 0.1) is 0 Å². The summed E-state index contributed by atoms with van der Waals surface area (Å²) in [5, 5.41) is 10.3. The fourth-order valence-electron chi connectivity index (χ4n) is 6.64. The maximum Gasteiger partial charge on any atom is 0.338 e. The lowest BCUT2D eigenvalue weighted by atomic mass is 9.93. The minimum Gasteiger partial charge on any atom is -0.462 e. The standard InChI is InChI=1S/C37H37N5O4/c1-3-45-36(43)24-16-20-26(21-17-24)41-32-14-7-5-10-28(32)34(39-41)30-12-9-13-31(38-30)35-29-11-6-8-15-33(29)42(40-35)27-22-18-25(19-23-27)37(44)46-4-2/h9,12-13,16-23H,3-8,10-11,14-15H2,1-2H3. The summed E-state index contributed by atoms with van der Waals surface area (Å²) in [5.74, 6) is -0.645. The van der Waals surface area contributed by atoms with Crippen molar-refractivity contribution in [1.29, 1.82) is 0 Å². The van der Waals surface area contributed by atoms with Gasteiger partial charge in [-0.2, -0.15) is 10.2 Å². The molecule has 5 aromatic rings. The molecule has 0 fully saturated rings. The molecular weight excluding hydrogens is 578 g/mol. The molecule has 3 aromatic heterocycles. The van der Waals surface area contributed by atoms with Crippen molar-refractivity contribution in [1.82, 2.24) is 24.5 Å². The van der Waals surface area contributed by atoms with Crippen LogP contribution in [-0.4, -0.2) is 49.7 Å². The Hall–Kier alpha value is -5.05. The van der Waals surface area contributed by atoms with Gasteiger partial charge in [-0.15, -0.1) is 0 Å². The van der Waals surface area contributed by atoms with Gasteiger partial charge in [0.2, 0.25) is 0 Å². The topological polar surface area (TPSA) is 101 Å². The predicted molar refractivity (Wildman–Crippen MR) is 175 cm³/mol. The van der Waals surface area contributed by atoms with E-state index in [0.717, 1.165) is 85.5 Å². The summed E-state index contributed by atoms with van der Waals surface area (Å²) in [5.41, 5.74) is 11.2. The number of rotatable bonds is 8. The second-order valence-corrected chi connectivity index (χ2v) is 11.7. The van der Waals surface area contributed by atoms with Gasteiger partial charge in [0.15, 0.2) is 0 Å². The molecule has 2 aliphatic carbocycles. The highest BCUT2D eigenvalue weighted by molar-refractivity contribution is 5.90. The molecule has 0 radical (unpaired) electrons. The summed E-state index contributed by atoms with van der Waals surface area (Å²) in [6.07, 6.45) is 8.21. The van der Waals surface area contributed by atoms with Crippen molar-refractivity contribution in [2.24, 2.45) is 0 Å². The zero-order valence-electron chi connectivity index (χ0n) is 26.3. The van der Waals surface area contributed by atoms with Crippen LogP contribution in [0.4, 0.5) is 0 Å². The van der Waals surface area contributed by atoms with Crippen molar-refractivity contribution < 1.29 is 19.1 Å². The van der Waals surface area contributed by atoms with Gasteiger partial charge in [-0.1, -0.05) is 6.07 Å². The van der Waals surface area contributed by atoms with Gasteiger partial charge in [0.25, 0.3) is 0 Å². The molecule has 9 nitrogen and oxygen atoms in total. The van der Waals surface area contributed by atoms with E-state index in [-0.39, 0.29) is 11.9 Å². The third-order valence-electron chi connectivity index (χ3n) is 8.84. The Kier molecular flexibility index (Phi) is 8.22. The molecule has 0 atom stereocenters. The Morgan fingerprint density at radius 3 is 1.43 bits per heavy atom. The van der Waals surface area contributed by atoms with E-state index >= 15 is 0 Å². The van der Waals surface area contributed by atoms with Crippen LogP contribution in [-0.2, 0) is 35.2 Å². The summed E-state index contributed by atoms with van der Waals surface area (Å²) in [6.45, 7) is 4.30. The van der Waals surface area contributed by atoms with E-state index < -0.39 is 0 Å². The molecule has 3 heterocycles. The number of nitrogens with zero attached hydrogens (tertiary/aromatic N) is 5. The van der Waals surface area contributed by atoms with Crippen molar-refractivity contribution in [3.05, 3.63) is 100 Å². The number of hydrogen-bond acceptors (Lipinski definition) is 7. The van der Waals surface area contributed by atoms with Gasteiger partial charge in [-0.25, -0.2) is 23.9 Å². The van der Waals surface area contributed by atoms with Gasteiger partial charge in [-0.05, 0) is 126 Å². The van der Waals surface area contributed by atoms with Crippen LogP contribution in [0.1, 0.15) is 82.8 Å². The second-order valence-electron chi connectivity index (χ2n) is 11.7. The number of hydrogen-bond donors (Lipinski definition) is 0. The molecule has 46 heavy (non-hydrogen) atoms. The number of carbonyl (C=O) groups is 2. The molecule has 0 spiro atoms. The van der Waals surface area contributed by atoms with Gasteiger partial charge >= 0.3 is 11.9 Å². The molecule has 2 aromatic carbocycles. The normalized spacial score (nSPS) is 14.0. The highest BCUT2D eigenvalue weighted by atomic mass is 16.5. The quantitative estimate of drug-likeness (QED) is 0.175. The van der Waals surface area contributed by atoms with E-state index in [1.165, 1.54) is 22.5 Å². The number of esters is 2. The molecule has 2 aliphatic rings. The van der Waals surface area contributed by atoms with E-state index in [1.807, 2.05) is 51.8 Å². The first-order chi connectivity index (χ1) is 22.6. The third kappa shape index (κ3) is 5.50. The van der Waals surface area contributed by atoms with Gasteiger partial charge in [0.05, 0.1) is 47.1 Å². The van der Waals surface area contributed by atoms with Crippen LogP contribution in [0.25, 0.3) is 34.2 Å². The van der Waals surface area contributed by atoms with E-state index in [0.29, 0.717) is 24.3 Å². The zero-order chi connectivity index (χ0) is 31.6. The van der Waals surface area contributed by atoms with Crippen LogP contribution in [0.3, 0.4) is 0 Å². The Balaban J connectivity index is 1.25. The number of ether oxygens (including phenoxy) is 2. The highest BCUT2D eigenvalue weighted by Gasteiger charge is 2.26. The van der Waals surface area contributed by atoms with Crippen molar-refractivity contribution in [2.75, 3.05) is 13.2 Å². The number of aromatic nitrogens is 5. The van der Waals surface area contributed by atoms with Crippen molar-refractivity contribution in [3.8, 4) is 34.2 Å². The summed E-state index contributed by atoms with van der Waals surface area (Å²) >= 11 is 0. The maximum atomic E-state index is 12.2. The Labute approximate surface area is 268 Å². The largest absolute Gasteiger partial charge is 0.462 e. The Bertz CT molecular complexity index is 1770. The lowest BCUT2D eigenvalue weighted by Gasteiger charge is -2.15. The monoisotopic (exact) mass is 615 g/mol. The van der Waals surface area contributed by atoms with Crippen LogP contribution in [0.2, 0.25) is 0 Å². The molecule has 9 heteroatoms. The fourth-order valence-corrected chi connectivity index (χ4v) is 6.64. The van der Waals surface area contributed by atoms with Crippen LogP contribution in [0.5, 0.6) is 0 Å². The van der Waals surface area contributed by atoms with E-state index in [4.69, 9.17) is 24.7 Å². The summed E-state index contributed by atoms with van der Waals surface area (Å²) in [7, 11) is 0. The first-order valence-corrected chi connectivity index (χ1v) is 16.3. The second kappa shape index (κ2) is 12.7. The van der Waals surface area contributed by atoms with E-state index in [9.17, 15) is 9.59 Å². The molecule has 0 bridgehead atoms. The van der Waals surface area contributed by atoms with Gasteiger partial charge in [-0.3, -0.25) is 0 Å². The summed E-state index contributed by atoms with van der Waals surface area (Å²) in [6, 6.07) is 21.0. The Morgan fingerprint density at radius 1 is 0.609 bits per heavy atom.